The van der Waals surface area contributed by atoms with Gasteiger partial charge in [-0.2, -0.15) is 0 Å². The Kier molecular flexibility index (Phi) is 7.29. The lowest BCUT2D eigenvalue weighted by Crippen LogP contribution is -2.27. The van der Waals surface area contributed by atoms with Crippen molar-refractivity contribution in [2.45, 2.75) is 32.7 Å². The maximum atomic E-state index is 5.61. The summed E-state index contributed by atoms with van der Waals surface area (Å²) in [6, 6.07) is 1.94. The highest BCUT2D eigenvalue weighted by Crippen LogP contribution is 2.14. The number of hydrogen-bond donors (Lipinski definition) is 1. The Morgan fingerprint density at radius 1 is 1.28 bits per heavy atom. The summed E-state index contributed by atoms with van der Waals surface area (Å²) in [4.78, 5) is 8.30. The molecule has 0 spiro atoms. The van der Waals surface area contributed by atoms with Gasteiger partial charge in [0.25, 0.3) is 0 Å². The Labute approximate surface area is 109 Å². The third kappa shape index (κ3) is 4.98. The van der Waals surface area contributed by atoms with Gasteiger partial charge in [-0.05, 0) is 19.4 Å². The third-order valence-electron chi connectivity index (χ3n) is 2.50. The Morgan fingerprint density at radius 2 is 2.11 bits per heavy atom. The summed E-state index contributed by atoms with van der Waals surface area (Å²) in [6.07, 6.45) is 3.62. The molecule has 1 heterocycles. The zero-order valence-electron chi connectivity index (χ0n) is 11.5. The fourth-order valence-corrected chi connectivity index (χ4v) is 1.57. The Bertz CT molecular complexity index is 334. The van der Waals surface area contributed by atoms with Crippen molar-refractivity contribution in [2.24, 2.45) is 0 Å². The topological polar surface area (TPSA) is 56.3 Å². The average Bonchev–Trinajstić information content (AvgIpc) is 2.42. The van der Waals surface area contributed by atoms with Crippen molar-refractivity contribution in [1.29, 1.82) is 0 Å². The largest absolute Gasteiger partial charge is 0.481 e. The summed E-state index contributed by atoms with van der Waals surface area (Å²) in [6.45, 7) is 6.56. The first-order valence-electron chi connectivity index (χ1n) is 6.48. The van der Waals surface area contributed by atoms with Crippen LogP contribution in [0.2, 0.25) is 0 Å². The van der Waals surface area contributed by atoms with Gasteiger partial charge in [-0.25, -0.2) is 9.97 Å². The van der Waals surface area contributed by atoms with Crippen molar-refractivity contribution in [3.05, 3.63) is 18.1 Å². The molecular formula is C13H23N3O2. The van der Waals surface area contributed by atoms with Crippen molar-refractivity contribution in [3.8, 4) is 5.88 Å². The molecule has 102 valence electrons. The molecule has 0 saturated heterocycles. The van der Waals surface area contributed by atoms with E-state index in [1.807, 2.05) is 6.07 Å². The molecular weight excluding hydrogens is 230 g/mol. The predicted octanol–water partition coefficient (Wildman–Crippen LogP) is 1.95. The summed E-state index contributed by atoms with van der Waals surface area (Å²) >= 11 is 0. The van der Waals surface area contributed by atoms with E-state index >= 15 is 0 Å². The SMILES string of the molecule is CCCNC(COCCC)c1cc(OC)ncn1. The molecule has 0 amide bonds. The van der Waals surface area contributed by atoms with Crippen LogP contribution in [0, 0.1) is 0 Å². The van der Waals surface area contributed by atoms with E-state index in [4.69, 9.17) is 9.47 Å². The van der Waals surface area contributed by atoms with Crippen LogP contribution in [0.1, 0.15) is 38.4 Å². The van der Waals surface area contributed by atoms with Crippen LogP contribution in [0.4, 0.5) is 0 Å². The number of methoxy groups -OCH3 is 1. The third-order valence-corrected chi connectivity index (χ3v) is 2.50. The summed E-state index contributed by atoms with van der Waals surface area (Å²) in [7, 11) is 1.61. The summed E-state index contributed by atoms with van der Waals surface area (Å²) in [5, 5.41) is 3.43. The van der Waals surface area contributed by atoms with E-state index in [0.717, 1.165) is 31.7 Å². The molecule has 0 bridgehead atoms. The van der Waals surface area contributed by atoms with Gasteiger partial charge in [-0.1, -0.05) is 13.8 Å². The van der Waals surface area contributed by atoms with Crippen LogP contribution in [-0.2, 0) is 4.74 Å². The normalized spacial score (nSPS) is 12.4. The smallest absolute Gasteiger partial charge is 0.216 e. The molecule has 5 nitrogen and oxygen atoms in total. The van der Waals surface area contributed by atoms with Gasteiger partial charge in [0.2, 0.25) is 5.88 Å². The highest BCUT2D eigenvalue weighted by atomic mass is 16.5. The van der Waals surface area contributed by atoms with Crippen LogP contribution in [0.25, 0.3) is 0 Å². The average molecular weight is 253 g/mol. The molecule has 1 aromatic heterocycles. The zero-order chi connectivity index (χ0) is 13.2. The maximum Gasteiger partial charge on any atom is 0.216 e. The lowest BCUT2D eigenvalue weighted by atomic mass is 10.2. The Morgan fingerprint density at radius 3 is 2.78 bits per heavy atom. The molecule has 18 heavy (non-hydrogen) atoms. The van der Waals surface area contributed by atoms with Crippen LogP contribution >= 0.6 is 0 Å². The van der Waals surface area contributed by atoms with Crippen LogP contribution in [0.3, 0.4) is 0 Å². The van der Waals surface area contributed by atoms with Crippen molar-refractivity contribution in [1.82, 2.24) is 15.3 Å². The molecule has 1 unspecified atom stereocenters. The molecule has 0 fully saturated rings. The second kappa shape index (κ2) is 8.83. The minimum atomic E-state index is 0.0911. The van der Waals surface area contributed by atoms with Gasteiger partial charge in [-0.3, -0.25) is 0 Å². The van der Waals surface area contributed by atoms with Gasteiger partial charge in [0.15, 0.2) is 0 Å². The molecule has 0 aromatic carbocycles. The van der Waals surface area contributed by atoms with Crippen molar-refractivity contribution in [3.63, 3.8) is 0 Å². The first-order chi connectivity index (χ1) is 8.81. The highest BCUT2D eigenvalue weighted by molar-refractivity contribution is 5.16. The van der Waals surface area contributed by atoms with E-state index in [2.05, 4.69) is 29.1 Å². The van der Waals surface area contributed by atoms with Crippen LogP contribution in [-0.4, -0.2) is 36.8 Å². The quantitative estimate of drug-likeness (QED) is 0.682. The number of hydrogen-bond acceptors (Lipinski definition) is 5. The molecule has 0 aliphatic carbocycles. The minimum absolute atomic E-state index is 0.0911. The van der Waals surface area contributed by atoms with E-state index in [0.29, 0.717) is 12.5 Å². The van der Waals surface area contributed by atoms with Gasteiger partial charge in [0, 0.05) is 12.7 Å². The van der Waals surface area contributed by atoms with Crippen molar-refractivity contribution >= 4 is 0 Å². The molecule has 0 radical (unpaired) electrons. The fraction of sp³-hybridized carbons (Fsp3) is 0.692. The van der Waals surface area contributed by atoms with Gasteiger partial charge in [-0.15, -0.1) is 0 Å². The standard InChI is InChI=1S/C13H23N3O2/c1-4-6-14-12(9-18-7-5-2)11-8-13(17-3)16-10-15-11/h8,10,12,14H,4-7,9H2,1-3H3. The summed E-state index contributed by atoms with van der Waals surface area (Å²) in [5.41, 5.74) is 0.909. The van der Waals surface area contributed by atoms with Crippen LogP contribution < -0.4 is 10.1 Å². The van der Waals surface area contributed by atoms with Gasteiger partial charge < -0.3 is 14.8 Å². The zero-order valence-corrected chi connectivity index (χ0v) is 11.5. The van der Waals surface area contributed by atoms with E-state index in [9.17, 15) is 0 Å². The molecule has 1 N–H and O–H groups in total. The summed E-state index contributed by atoms with van der Waals surface area (Å²) < 4.78 is 10.7. The molecule has 1 rings (SSSR count). The van der Waals surface area contributed by atoms with E-state index < -0.39 is 0 Å². The monoisotopic (exact) mass is 253 g/mol. The molecule has 5 heteroatoms. The van der Waals surface area contributed by atoms with E-state index in [1.165, 1.54) is 6.33 Å². The molecule has 1 atom stereocenters. The molecule has 0 aliphatic rings. The summed E-state index contributed by atoms with van der Waals surface area (Å²) in [5.74, 6) is 0.582. The lowest BCUT2D eigenvalue weighted by molar-refractivity contribution is 0.110. The Balaban J connectivity index is 2.66. The number of aromatic nitrogens is 2. The minimum Gasteiger partial charge on any atom is -0.481 e. The molecule has 0 aliphatic heterocycles. The van der Waals surface area contributed by atoms with Gasteiger partial charge >= 0.3 is 0 Å². The van der Waals surface area contributed by atoms with Crippen molar-refractivity contribution in [2.75, 3.05) is 26.9 Å². The second-order valence-corrected chi connectivity index (χ2v) is 4.07. The second-order valence-electron chi connectivity index (χ2n) is 4.07. The van der Waals surface area contributed by atoms with Crippen molar-refractivity contribution < 1.29 is 9.47 Å². The fourth-order valence-electron chi connectivity index (χ4n) is 1.57. The highest BCUT2D eigenvalue weighted by Gasteiger charge is 2.13. The van der Waals surface area contributed by atoms with Crippen LogP contribution in [0.5, 0.6) is 5.88 Å². The first kappa shape index (κ1) is 14.9. The number of nitrogens with zero attached hydrogens (tertiary/aromatic N) is 2. The predicted molar refractivity (Wildman–Crippen MR) is 70.7 cm³/mol. The molecule has 1 aromatic rings. The Hall–Kier alpha value is -1.20. The first-order valence-corrected chi connectivity index (χ1v) is 6.48. The molecule has 0 saturated carbocycles. The maximum absolute atomic E-state index is 5.61. The van der Waals surface area contributed by atoms with Crippen LogP contribution in [0.15, 0.2) is 12.4 Å². The number of ether oxygens (including phenoxy) is 2. The lowest BCUT2D eigenvalue weighted by Gasteiger charge is -2.18. The van der Waals surface area contributed by atoms with Gasteiger partial charge in [0.05, 0.1) is 25.5 Å². The van der Waals surface area contributed by atoms with E-state index in [1.54, 1.807) is 7.11 Å². The van der Waals surface area contributed by atoms with Gasteiger partial charge in [0.1, 0.15) is 6.33 Å². The van der Waals surface area contributed by atoms with E-state index in [-0.39, 0.29) is 6.04 Å². The number of nitrogens with one attached hydrogen (secondary N) is 1. The number of rotatable bonds is 9.